The summed E-state index contributed by atoms with van der Waals surface area (Å²) >= 11 is 0. The molecule has 1 spiro atoms. The van der Waals surface area contributed by atoms with Crippen LogP contribution in [0.2, 0.25) is 0 Å². The highest BCUT2D eigenvalue weighted by Crippen LogP contribution is 2.78. The van der Waals surface area contributed by atoms with E-state index in [1.165, 1.54) is 18.4 Å². The van der Waals surface area contributed by atoms with Crippen LogP contribution in [0.5, 0.6) is 0 Å². The van der Waals surface area contributed by atoms with E-state index in [0.29, 0.717) is 41.4 Å². The number of allylic oxidation sites excluding steroid dienone is 2. The van der Waals surface area contributed by atoms with Gasteiger partial charge in [0.2, 0.25) is 0 Å². The van der Waals surface area contributed by atoms with Gasteiger partial charge < -0.3 is 4.74 Å². The molecule has 0 saturated heterocycles. The quantitative estimate of drug-likeness (QED) is 0.376. The third-order valence-corrected chi connectivity index (χ3v) is 10.0. The number of hydrogen-bond acceptors (Lipinski definition) is 4. The fraction of sp³-hybridized carbons (Fsp3) is 0.720. The third-order valence-electron chi connectivity index (χ3n) is 10.0. The predicted octanol–water partition coefficient (Wildman–Crippen LogP) is 5.20. The van der Waals surface area contributed by atoms with Gasteiger partial charge in [0.1, 0.15) is 5.60 Å². The van der Waals surface area contributed by atoms with Crippen molar-refractivity contribution in [2.24, 2.45) is 52.0 Å². The van der Waals surface area contributed by atoms with Crippen LogP contribution in [0.25, 0.3) is 0 Å². The molecule has 0 aromatic heterocycles. The summed E-state index contributed by atoms with van der Waals surface area (Å²) in [6.07, 6.45) is 16.0. The zero-order valence-corrected chi connectivity index (χ0v) is 17.3. The van der Waals surface area contributed by atoms with Crippen molar-refractivity contribution in [1.29, 1.82) is 0 Å². The molecular formula is C25H31NO3. The summed E-state index contributed by atoms with van der Waals surface area (Å²) in [7, 11) is 0. The maximum absolute atomic E-state index is 12.2. The molecule has 7 unspecified atom stereocenters. The lowest BCUT2D eigenvalue weighted by Crippen LogP contribution is -2.57. The normalized spacial score (nSPS) is 54.0. The molecule has 10 atom stereocenters. The number of esters is 1. The lowest BCUT2D eigenvalue weighted by molar-refractivity contribution is -0.172. The van der Waals surface area contributed by atoms with Crippen LogP contribution in [-0.4, -0.2) is 17.6 Å². The lowest BCUT2D eigenvalue weighted by Gasteiger charge is -2.59. The molecule has 0 bridgehead atoms. The Kier molecular flexibility index (Phi) is 3.69. The predicted molar refractivity (Wildman–Crippen MR) is 111 cm³/mol. The number of fused-ring (bicyclic) bond motifs is 9. The van der Waals surface area contributed by atoms with Crippen LogP contribution in [0.1, 0.15) is 51.9 Å². The molecule has 1 heterocycles. The van der Waals surface area contributed by atoms with E-state index in [1.54, 1.807) is 6.08 Å². The van der Waals surface area contributed by atoms with Crippen LogP contribution in [0.3, 0.4) is 0 Å². The van der Waals surface area contributed by atoms with Gasteiger partial charge in [-0.15, -0.1) is 6.58 Å². The Balaban J connectivity index is 1.43. The van der Waals surface area contributed by atoms with Crippen LogP contribution < -0.4 is 0 Å². The molecule has 154 valence electrons. The van der Waals surface area contributed by atoms with E-state index in [9.17, 15) is 9.70 Å². The van der Waals surface area contributed by atoms with Gasteiger partial charge in [0.15, 0.2) is 0 Å². The number of ether oxygens (including phenoxy) is 1. The molecular weight excluding hydrogens is 362 g/mol. The van der Waals surface area contributed by atoms with Crippen molar-refractivity contribution in [3.05, 3.63) is 41.4 Å². The molecule has 0 amide bonds. The first-order valence-corrected chi connectivity index (χ1v) is 11.7. The first-order chi connectivity index (χ1) is 14.1. The Morgan fingerprint density at radius 1 is 1.31 bits per heavy atom. The van der Waals surface area contributed by atoms with Gasteiger partial charge in [-0.05, 0) is 86.5 Å². The van der Waals surface area contributed by atoms with Crippen molar-refractivity contribution in [2.45, 2.75) is 63.5 Å². The van der Waals surface area contributed by atoms with E-state index in [-0.39, 0.29) is 23.0 Å². The molecule has 0 aromatic rings. The minimum absolute atomic E-state index is 0.0385. The van der Waals surface area contributed by atoms with Crippen molar-refractivity contribution in [2.75, 3.05) is 0 Å². The smallest absolute Gasteiger partial charge is 0.331 e. The summed E-state index contributed by atoms with van der Waals surface area (Å²) < 4.78 is 6.17. The molecule has 1 aliphatic heterocycles. The average Bonchev–Trinajstić information content (AvgIpc) is 3.40. The molecule has 5 aliphatic carbocycles. The molecule has 29 heavy (non-hydrogen) atoms. The van der Waals surface area contributed by atoms with Crippen LogP contribution in [0.4, 0.5) is 0 Å². The number of carbonyl (C=O) groups is 1. The number of carbonyl (C=O) groups excluding carboxylic acids is 1. The highest BCUT2D eigenvalue weighted by molar-refractivity contribution is 5.85. The van der Waals surface area contributed by atoms with Crippen LogP contribution in [0, 0.1) is 51.7 Å². The number of rotatable bonds is 3. The summed E-state index contributed by atoms with van der Waals surface area (Å²) in [6, 6.07) is -0.0385. The lowest BCUT2D eigenvalue weighted by atomic mass is 9.46. The zero-order chi connectivity index (χ0) is 20.0. The zero-order valence-electron chi connectivity index (χ0n) is 17.3. The Morgan fingerprint density at radius 3 is 2.86 bits per heavy atom. The Labute approximate surface area is 172 Å². The van der Waals surface area contributed by atoms with E-state index < -0.39 is 0 Å². The first kappa shape index (κ1) is 18.1. The van der Waals surface area contributed by atoms with Gasteiger partial charge in [-0.1, -0.05) is 29.8 Å². The Bertz CT molecular complexity index is 845. The van der Waals surface area contributed by atoms with Crippen molar-refractivity contribution in [3.63, 3.8) is 0 Å². The Morgan fingerprint density at radius 2 is 2.17 bits per heavy atom. The summed E-state index contributed by atoms with van der Waals surface area (Å²) in [4.78, 5) is 23.4. The van der Waals surface area contributed by atoms with E-state index in [1.807, 2.05) is 0 Å². The molecule has 4 nitrogen and oxygen atoms in total. The van der Waals surface area contributed by atoms with E-state index in [0.717, 1.165) is 32.1 Å². The minimum atomic E-state index is -0.353. The molecule has 0 aromatic carbocycles. The fourth-order valence-corrected chi connectivity index (χ4v) is 9.06. The number of nitrogens with zero attached hydrogens (tertiary/aromatic N) is 1. The summed E-state index contributed by atoms with van der Waals surface area (Å²) in [5.74, 6) is 3.91. The second kappa shape index (κ2) is 5.92. The van der Waals surface area contributed by atoms with Crippen molar-refractivity contribution < 1.29 is 9.53 Å². The van der Waals surface area contributed by atoms with Gasteiger partial charge in [-0.3, -0.25) is 0 Å². The highest BCUT2D eigenvalue weighted by atomic mass is 16.6. The minimum Gasteiger partial charge on any atom is -0.451 e. The van der Waals surface area contributed by atoms with Gasteiger partial charge in [0.05, 0.1) is 6.04 Å². The first-order valence-electron chi connectivity index (χ1n) is 11.7. The fourth-order valence-electron chi connectivity index (χ4n) is 9.06. The van der Waals surface area contributed by atoms with Crippen LogP contribution >= 0.6 is 0 Å². The van der Waals surface area contributed by atoms with E-state index >= 15 is 0 Å². The molecule has 4 fully saturated rings. The summed E-state index contributed by atoms with van der Waals surface area (Å²) in [6.45, 7) is 6.54. The molecule has 6 aliphatic rings. The van der Waals surface area contributed by atoms with Gasteiger partial charge >= 0.3 is 5.97 Å². The monoisotopic (exact) mass is 393 g/mol. The largest absolute Gasteiger partial charge is 0.451 e. The maximum Gasteiger partial charge on any atom is 0.331 e. The SMILES string of the molecule is C=CC1C=C2CC(N=O)CC[C@@H]2C2CC[C@@]3(CC)C(C4CC4[C@@]34C=CC(=O)O4)C12. The standard InChI is InChI=1S/C25H31NO3/c1-3-14-11-15-12-16(26-28)5-6-17(15)18-7-9-24(4-2)23(22(14)18)19-13-20(19)25(24)10-8-21(27)29-25/h3,8,10-11,14,16-20,22-23H,1,4-7,9,12-13H2,2H3/t14?,16?,17-,18?,19?,20?,22?,23?,24-,25-/m0/s1. The van der Waals surface area contributed by atoms with Crippen molar-refractivity contribution >= 4 is 5.97 Å². The topological polar surface area (TPSA) is 55.7 Å². The Hall–Kier alpha value is -1.71. The molecule has 4 heteroatoms. The van der Waals surface area contributed by atoms with Crippen LogP contribution in [-0.2, 0) is 9.53 Å². The highest BCUT2D eigenvalue weighted by Gasteiger charge is 2.79. The second-order valence-electron chi connectivity index (χ2n) is 10.6. The molecule has 0 radical (unpaired) electrons. The molecule has 4 saturated carbocycles. The maximum atomic E-state index is 12.2. The van der Waals surface area contributed by atoms with E-state index in [4.69, 9.17) is 4.74 Å². The van der Waals surface area contributed by atoms with Gasteiger partial charge in [-0.2, -0.15) is 4.91 Å². The van der Waals surface area contributed by atoms with Gasteiger partial charge in [-0.25, -0.2) is 4.79 Å². The van der Waals surface area contributed by atoms with Gasteiger partial charge in [0, 0.05) is 17.4 Å². The summed E-state index contributed by atoms with van der Waals surface area (Å²) in [5, 5.41) is 3.37. The van der Waals surface area contributed by atoms with Gasteiger partial charge in [0.25, 0.3) is 0 Å². The van der Waals surface area contributed by atoms with E-state index in [2.05, 4.69) is 36.9 Å². The number of hydrogen-bond donors (Lipinski definition) is 0. The van der Waals surface area contributed by atoms with Crippen LogP contribution in [0.15, 0.2) is 41.6 Å². The molecule has 0 N–H and O–H groups in total. The van der Waals surface area contributed by atoms with Crippen molar-refractivity contribution in [1.82, 2.24) is 0 Å². The second-order valence-corrected chi connectivity index (χ2v) is 10.6. The summed E-state index contributed by atoms with van der Waals surface area (Å²) in [5.41, 5.74) is 1.20. The third kappa shape index (κ3) is 2.08. The average molecular weight is 394 g/mol. The number of nitroso groups, excluding NO2 is 1. The molecule has 6 rings (SSSR count). The van der Waals surface area contributed by atoms with Crippen molar-refractivity contribution in [3.8, 4) is 0 Å².